The molecule has 3 aromatic heterocycles. The molecule has 45 heavy (non-hydrogen) atoms. The number of fused-ring (bicyclic) bond motifs is 9. The van der Waals surface area contributed by atoms with Gasteiger partial charge in [-0.3, -0.25) is 0 Å². The van der Waals surface area contributed by atoms with Crippen LogP contribution in [0.3, 0.4) is 0 Å². The van der Waals surface area contributed by atoms with Gasteiger partial charge in [-0.25, -0.2) is 0 Å². The van der Waals surface area contributed by atoms with Crippen LogP contribution in [-0.2, 0) is 0 Å². The second-order valence-corrected chi connectivity index (χ2v) is 11.4. The fourth-order valence-corrected chi connectivity index (χ4v) is 7.14. The molecule has 212 valence electrons. The second kappa shape index (κ2) is 9.73. The molecule has 0 N–H and O–H groups in total. The van der Waals surface area contributed by atoms with E-state index in [1.165, 1.54) is 38.3 Å². The maximum Gasteiger partial charge on any atom is 0.135 e. The molecule has 0 aliphatic rings. The summed E-state index contributed by atoms with van der Waals surface area (Å²) in [4.78, 5) is 0. The van der Waals surface area contributed by atoms with E-state index in [4.69, 9.17) is 4.42 Å². The van der Waals surface area contributed by atoms with Crippen molar-refractivity contribution in [3.05, 3.63) is 164 Å². The molecule has 0 atom stereocenters. The first-order valence-electron chi connectivity index (χ1n) is 15.2. The number of nitrogens with zero attached hydrogens (tertiary/aromatic N) is 2. The zero-order valence-electron chi connectivity index (χ0n) is 24.6. The molecule has 0 radical (unpaired) electrons. The molecule has 0 aliphatic carbocycles. The van der Waals surface area contributed by atoms with Crippen molar-refractivity contribution < 1.29 is 4.42 Å². The van der Waals surface area contributed by atoms with E-state index in [-0.39, 0.29) is 0 Å². The Morgan fingerprint density at radius 1 is 0.533 bits per heavy atom. The first kappa shape index (κ1) is 25.4. The van der Waals surface area contributed by atoms with Crippen molar-refractivity contribution in [3.8, 4) is 11.4 Å². The lowest BCUT2D eigenvalue weighted by Gasteiger charge is -2.11. The first-order valence-corrected chi connectivity index (χ1v) is 15.2. The van der Waals surface area contributed by atoms with Gasteiger partial charge in [0, 0.05) is 38.0 Å². The van der Waals surface area contributed by atoms with Crippen LogP contribution in [0.2, 0.25) is 0 Å². The summed E-state index contributed by atoms with van der Waals surface area (Å²) in [6.07, 6.45) is 5.64. The molecule has 0 fully saturated rings. The van der Waals surface area contributed by atoms with Crippen molar-refractivity contribution in [2.75, 3.05) is 0 Å². The maximum atomic E-state index is 6.30. The lowest BCUT2D eigenvalue weighted by molar-refractivity contribution is 0.669. The Bertz CT molecular complexity index is 2640. The summed E-state index contributed by atoms with van der Waals surface area (Å²) in [6, 6.07) is 45.6. The zero-order valence-corrected chi connectivity index (χ0v) is 24.6. The molecule has 9 aromatic rings. The maximum absolute atomic E-state index is 6.30. The van der Waals surface area contributed by atoms with Crippen LogP contribution in [0.5, 0.6) is 0 Å². The van der Waals surface area contributed by atoms with E-state index in [0.717, 1.165) is 49.8 Å². The number of benzene rings is 6. The van der Waals surface area contributed by atoms with Crippen LogP contribution < -0.4 is 0 Å². The third kappa shape index (κ3) is 3.65. The van der Waals surface area contributed by atoms with Gasteiger partial charge in [0.25, 0.3) is 0 Å². The quantitative estimate of drug-likeness (QED) is 0.187. The highest BCUT2D eigenvalue weighted by molar-refractivity contribution is 6.17. The lowest BCUT2D eigenvalue weighted by Crippen LogP contribution is -1.96. The number of rotatable bonds is 5. The van der Waals surface area contributed by atoms with E-state index in [0.29, 0.717) is 0 Å². The Hall–Kier alpha value is -6.06. The molecule has 0 amide bonds. The number of aromatic nitrogens is 2. The summed E-state index contributed by atoms with van der Waals surface area (Å²) in [5.74, 6) is 0. The summed E-state index contributed by atoms with van der Waals surface area (Å²) >= 11 is 0. The molecule has 0 saturated heterocycles. The van der Waals surface area contributed by atoms with Gasteiger partial charge in [0.1, 0.15) is 11.2 Å². The largest absolute Gasteiger partial charge is 0.456 e. The SMILES string of the molecule is C=C/C=C(\C=C)c1ccc2oc3ccc(-n4c5ccccc5c5c(-n6c7ccccc7c7ccccc76)cccc54)cc3c2c1. The van der Waals surface area contributed by atoms with Crippen molar-refractivity contribution >= 4 is 71.1 Å². The molecule has 0 aliphatic heterocycles. The summed E-state index contributed by atoms with van der Waals surface area (Å²) in [7, 11) is 0. The predicted molar refractivity (Wildman–Crippen MR) is 191 cm³/mol. The minimum Gasteiger partial charge on any atom is -0.456 e. The summed E-state index contributed by atoms with van der Waals surface area (Å²) < 4.78 is 11.1. The highest BCUT2D eigenvalue weighted by atomic mass is 16.3. The molecule has 3 heteroatoms. The van der Waals surface area contributed by atoms with Gasteiger partial charge in [-0.15, -0.1) is 0 Å². The number of para-hydroxylation sites is 3. The highest BCUT2D eigenvalue weighted by Crippen LogP contribution is 2.41. The zero-order chi connectivity index (χ0) is 30.1. The average molecular weight is 577 g/mol. The van der Waals surface area contributed by atoms with Crippen LogP contribution in [0, 0.1) is 0 Å². The van der Waals surface area contributed by atoms with Gasteiger partial charge in [-0.1, -0.05) is 98.1 Å². The Morgan fingerprint density at radius 2 is 1.13 bits per heavy atom. The molecule has 3 nitrogen and oxygen atoms in total. The van der Waals surface area contributed by atoms with Crippen LogP contribution >= 0.6 is 0 Å². The number of hydrogen-bond donors (Lipinski definition) is 0. The topological polar surface area (TPSA) is 23.0 Å². The van der Waals surface area contributed by atoms with Gasteiger partial charge < -0.3 is 13.6 Å². The summed E-state index contributed by atoms with van der Waals surface area (Å²) in [5, 5.41) is 7.11. The van der Waals surface area contributed by atoms with Gasteiger partial charge in [0.15, 0.2) is 0 Å². The van der Waals surface area contributed by atoms with Crippen LogP contribution in [0.1, 0.15) is 5.56 Å². The molecule has 0 unspecified atom stereocenters. The van der Waals surface area contributed by atoms with Gasteiger partial charge in [-0.05, 0) is 71.8 Å². The average Bonchev–Trinajstić information content (AvgIpc) is 3.74. The number of allylic oxidation sites excluding steroid dienone is 4. The Kier molecular flexibility index (Phi) is 5.50. The summed E-state index contributed by atoms with van der Waals surface area (Å²) in [5.41, 5.74) is 10.8. The van der Waals surface area contributed by atoms with Crippen LogP contribution in [0.15, 0.2) is 163 Å². The third-order valence-corrected chi connectivity index (χ3v) is 9.06. The van der Waals surface area contributed by atoms with Gasteiger partial charge in [0.05, 0.1) is 27.8 Å². The van der Waals surface area contributed by atoms with Gasteiger partial charge in [-0.2, -0.15) is 0 Å². The van der Waals surface area contributed by atoms with E-state index < -0.39 is 0 Å². The molecule has 3 heterocycles. The minimum atomic E-state index is 0.865. The smallest absolute Gasteiger partial charge is 0.135 e. The molecule has 0 bridgehead atoms. The number of furan rings is 1. The molecular weight excluding hydrogens is 548 g/mol. The molecule has 9 rings (SSSR count). The van der Waals surface area contributed by atoms with E-state index >= 15 is 0 Å². The van der Waals surface area contributed by atoms with Crippen molar-refractivity contribution in [2.24, 2.45) is 0 Å². The van der Waals surface area contributed by atoms with Gasteiger partial charge >= 0.3 is 0 Å². The Labute approximate surface area is 259 Å². The highest BCUT2D eigenvalue weighted by Gasteiger charge is 2.20. The fourth-order valence-electron chi connectivity index (χ4n) is 7.14. The van der Waals surface area contributed by atoms with Crippen LogP contribution in [0.25, 0.3) is 82.5 Å². The van der Waals surface area contributed by atoms with E-state index in [2.05, 4.69) is 144 Å². The lowest BCUT2D eigenvalue weighted by atomic mass is 10.0. The second-order valence-electron chi connectivity index (χ2n) is 11.4. The van der Waals surface area contributed by atoms with E-state index in [9.17, 15) is 0 Å². The van der Waals surface area contributed by atoms with Crippen LogP contribution in [-0.4, -0.2) is 9.13 Å². The van der Waals surface area contributed by atoms with Gasteiger partial charge in [0.2, 0.25) is 0 Å². The fraction of sp³-hybridized carbons (Fsp3) is 0. The van der Waals surface area contributed by atoms with E-state index in [1.807, 2.05) is 18.2 Å². The minimum absolute atomic E-state index is 0.865. The third-order valence-electron chi connectivity index (χ3n) is 9.06. The van der Waals surface area contributed by atoms with Crippen molar-refractivity contribution in [1.29, 1.82) is 0 Å². The molecule has 0 saturated carbocycles. The predicted octanol–water partition coefficient (Wildman–Crippen LogP) is 11.5. The first-order chi connectivity index (χ1) is 22.2. The molecule has 0 spiro atoms. The van der Waals surface area contributed by atoms with Crippen molar-refractivity contribution in [1.82, 2.24) is 9.13 Å². The Balaban J connectivity index is 1.34. The van der Waals surface area contributed by atoms with Crippen molar-refractivity contribution in [3.63, 3.8) is 0 Å². The Morgan fingerprint density at radius 3 is 1.82 bits per heavy atom. The summed E-state index contributed by atoms with van der Waals surface area (Å²) in [6.45, 7) is 7.88. The standard InChI is InChI=1S/C42H28N2O/c1-3-12-27(4-2)28-21-23-40-33(25-28)34-26-29(22-24-41(34)45-40)43-37-18-10-7-15-32(37)42-38(43)19-11-20-39(42)44-35-16-8-5-13-30(35)31-14-6-9-17-36(31)44/h3-26H,1-2H2/b27-12+. The normalized spacial score (nSPS) is 12.3. The van der Waals surface area contributed by atoms with E-state index in [1.54, 1.807) is 6.08 Å². The molecule has 6 aromatic carbocycles. The van der Waals surface area contributed by atoms with Crippen LogP contribution in [0.4, 0.5) is 0 Å². The van der Waals surface area contributed by atoms with Crippen molar-refractivity contribution in [2.45, 2.75) is 0 Å². The molecular formula is C42H28N2O. The number of hydrogen-bond acceptors (Lipinski definition) is 1. The monoisotopic (exact) mass is 576 g/mol.